The maximum atomic E-state index is 13.3. The van der Waals surface area contributed by atoms with E-state index in [1.165, 1.54) is 24.8 Å². The zero-order valence-corrected chi connectivity index (χ0v) is 13.5. The molecule has 1 aromatic rings. The van der Waals surface area contributed by atoms with Crippen LogP contribution in [0, 0.1) is 25.6 Å². The lowest BCUT2D eigenvalue weighted by Gasteiger charge is -2.24. The smallest absolute Gasteiger partial charge is 0.123 e. The fourth-order valence-electron chi connectivity index (χ4n) is 2.62. The molecule has 18 heavy (non-hydrogen) atoms. The van der Waals surface area contributed by atoms with E-state index in [0.717, 1.165) is 17.5 Å². The van der Waals surface area contributed by atoms with Crippen molar-refractivity contribution >= 4 is 15.9 Å². The fraction of sp³-hybridized carbons (Fsp3) is 0.625. The SMILES string of the molecule is CCCCC(CC)C(Br)c1c(C)cc(F)cc1C. The molecule has 0 amide bonds. The predicted molar refractivity (Wildman–Crippen MR) is 80.8 cm³/mol. The summed E-state index contributed by atoms with van der Waals surface area (Å²) in [6.07, 6.45) is 4.89. The Labute approximate surface area is 119 Å². The molecule has 0 aliphatic heterocycles. The Morgan fingerprint density at radius 2 is 1.72 bits per heavy atom. The van der Waals surface area contributed by atoms with E-state index in [1.807, 2.05) is 13.8 Å². The minimum Gasteiger partial charge on any atom is -0.207 e. The maximum Gasteiger partial charge on any atom is 0.123 e. The largest absolute Gasteiger partial charge is 0.207 e. The lowest BCUT2D eigenvalue weighted by Crippen LogP contribution is -2.10. The molecule has 0 aromatic heterocycles. The molecule has 1 aromatic carbocycles. The molecule has 0 fully saturated rings. The first-order valence-corrected chi connectivity index (χ1v) is 7.83. The maximum absolute atomic E-state index is 13.3. The summed E-state index contributed by atoms with van der Waals surface area (Å²) in [7, 11) is 0. The van der Waals surface area contributed by atoms with Crippen LogP contribution in [0.5, 0.6) is 0 Å². The monoisotopic (exact) mass is 314 g/mol. The molecule has 2 atom stereocenters. The molecule has 0 saturated carbocycles. The predicted octanol–water partition coefficient (Wildman–Crippen LogP) is 6.09. The zero-order chi connectivity index (χ0) is 13.7. The van der Waals surface area contributed by atoms with Crippen molar-refractivity contribution in [3.05, 3.63) is 34.6 Å². The van der Waals surface area contributed by atoms with Crippen LogP contribution in [0.2, 0.25) is 0 Å². The van der Waals surface area contributed by atoms with Crippen LogP contribution in [0.15, 0.2) is 12.1 Å². The second-order valence-electron chi connectivity index (χ2n) is 5.17. The van der Waals surface area contributed by atoms with Gasteiger partial charge in [0.05, 0.1) is 0 Å². The number of alkyl halides is 1. The van der Waals surface area contributed by atoms with Crippen LogP contribution in [-0.2, 0) is 0 Å². The topological polar surface area (TPSA) is 0 Å². The van der Waals surface area contributed by atoms with Gasteiger partial charge >= 0.3 is 0 Å². The lowest BCUT2D eigenvalue weighted by atomic mass is 9.88. The molecule has 0 aliphatic rings. The first-order chi connectivity index (χ1) is 8.51. The van der Waals surface area contributed by atoms with Gasteiger partial charge in [-0.1, -0.05) is 49.0 Å². The quantitative estimate of drug-likeness (QED) is 0.557. The highest BCUT2D eigenvalue weighted by atomic mass is 79.9. The van der Waals surface area contributed by atoms with Gasteiger partial charge in [-0.25, -0.2) is 4.39 Å². The summed E-state index contributed by atoms with van der Waals surface area (Å²) in [4.78, 5) is 0.342. The number of unbranched alkanes of at least 4 members (excludes halogenated alkanes) is 1. The Bertz CT molecular complexity index is 364. The van der Waals surface area contributed by atoms with Crippen molar-refractivity contribution in [3.63, 3.8) is 0 Å². The van der Waals surface area contributed by atoms with E-state index in [4.69, 9.17) is 0 Å². The second-order valence-corrected chi connectivity index (χ2v) is 6.15. The van der Waals surface area contributed by atoms with E-state index in [9.17, 15) is 4.39 Å². The molecule has 0 spiro atoms. The number of hydrogen-bond acceptors (Lipinski definition) is 0. The van der Waals surface area contributed by atoms with Crippen LogP contribution >= 0.6 is 15.9 Å². The fourth-order valence-corrected chi connectivity index (χ4v) is 3.98. The number of rotatable bonds is 6. The summed E-state index contributed by atoms with van der Waals surface area (Å²) in [6, 6.07) is 3.28. The molecule has 0 aliphatic carbocycles. The van der Waals surface area contributed by atoms with Crippen LogP contribution in [0.4, 0.5) is 4.39 Å². The molecule has 0 nitrogen and oxygen atoms in total. The highest BCUT2D eigenvalue weighted by Gasteiger charge is 2.22. The summed E-state index contributed by atoms with van der Waals surface area (Å²) in [5.74, 6) is 0.503. The Balaban J connectivity index is 2.97. The van der Waals surface area contributed by atoms with Crippen LogP contribution in [0.1, 0.15) is 61.0 Å². The van der Waals surface area contributed by atoms with Gasteiger partial charge in [0.1, 0.15) is 5.82 Å². The van der Waals surface area contributed by atoms with Crippen molar-refractivity contribution in [1.29, 1.82) is 0 Å². The van der Waals surface area contributed by atoms with Crippen molar-refractivity contribution in [1.82, 2.24) is 0 Å². The highest BCUT2D eigenvalue weighted by Crippen LogP contribution is 2.39. The van der Waals surface area contributed by atoms with Crippen LogP contribution < -0.4 is 0 Å². The van der Waals surface area contributed by atoms with Gasteiger partial charge in [0, 0.05) is 4.83 Å². The van der Waals surface area contributed by atoms with Gasteiger partial charge in [-0.2, -0.15) is 0 Å². The molecule has 2 unspecified atom stereocenters. The van der Waals surface area contributed by atoms with Gasteiger partial charge in [-0.3, -0.25) is 0 Å². The molecular formula is C16H24BrF. The molecular weight excluding hydrogens is 291 g/mol. The summed E-state index contributed by atoms with van der Waals surface area (Å²) < 4.78 is 13.3. The first-order valence-electron chi connectivity index (χ1n) is 6.91. The minimum absolute atomic E-state index is 0.130. The van der Waals surface area contributed by atoms with E-state index >= 15 is 0 Å². The molecule has 102 valence electrons. The third-order valence-electron chi connectivity index (χ3n) is 3.70. The highest BCUT2D eigenvalue weighted by molar-refractivity contribution is 9.09. The number of hydrogen-bond donors (Lipinski definition) is 0. The van der Waals surface area contributed by atoms with Crippen molar-refractivity contribution in [2.75, 3.05) is 0 Å². The molecule has 1 rings (SSSR count). The van der Waals surface area contributed by atoms with Crippen molar-refractivity contribution in [2.45, 2.75) is 58.2 Å². The van der Waals surface area contributed by atoms with Crippen LogP contribution in [-0.4, -0.2) is 0 Å². The van der Waals surface area contributed by atoms with E-state index in [0.29, 0.717) is 10.7 Å². The van der Waals surface area contributed by atoms with Gasteiger partial charge in [0.25, 0.3) is 0 Å². The Kier molecular flexibility index (Phi) is 6.34. The third-order valence-corrected chi connectivity index (χ3v) is 4.91. The minimum atomic E-state index is -0.130. The van der Waals surface area contributed by atoms with E-state index in [-0.39, 0.29) is 5.82 Å². The number of halogens is 2. The van der Waals surface area contributed by atoms with Crippen LogP contribution in [0.25, 0.3) is 0 Å². The van der Waals surface area contributed by atoms with Crippen molar-refractivity contribution < 1.29 is 4.39 Å². The molecule has 0 heterocycles. The summed E-state index contributed by atoms with van der Waals surface area (Å²) in [5, 5.41) is 0. The van der Waals surface area contributed by atoms with Crippen molar-refractivity contribution in [3.8, 4) is 0 Å². The second kappa shape index (κ2) is 7.28. The number of aryl methyl sites for hydroxylation is 2. The Morgan fingerprint density at radius 1 is 1.17 bits per heavy atom. The molecule has 0 N–H and O–H groups in total. The Morgan fingerprint density at radius 3 is 2.17 bits per heavy atom. The lowest BCUT2D eigenvalue weighted by molar-refractivity contribution is 0.444. The van der Waals surface area contributed by atoms with Gasteiger partial charge in [-0.15, -0.1) is 0 Å². The van der Waals surface area contributed by atoms with Gasteiger partial charge in [0.2, 0.25) is 0 Å². The molecule has 0 radical (unpaired) electrons. The molecule has 0 bridgehead atoms. The van der Waals surface area contributed by atoms with Gasteiger partial charge in [-0.05, 0) is 55.0 Å². The third kappa shape index (κ3) is 3.81. The molecule has 2 heteroatoms. The van der Waals surface area contributed by atoms with Crippen LogP contribution in [0.3, 0.4) is 0 Å². The first kappa shape index (κ1) is 15.7. The Hall–Kier alpha value is -0.370. The zero-order valence-electron chi connectivity index (χ0n) is 11.9. The van der Waals surface area contributed by atoms with E-state index in [2.05, 4.69) is 29.8 Å². The average Bonchev–Trinajstić information content (AvgIpc) is 2.28. The summed E-state index contributed by atoms with van der Waals surface area (Å²) in [6.45, 7) is 8.48. The van der Waals surface area contributed by atoms with Crippen molar-refractivity contribution in [2.24, 2.45) is 5.92 Å². The summed E-state index contributed by atoms with van der Waals surface area (Å²) in [5.41, 5.74) is 3.40. The summed E-state index contributed by atoms with van der Waals surface area (Å²) >= 11 is 3.85. The number of benzene rings is 1. The average molecular weight is 315 g/mol. The van der Waals surface area contributed by atoms with Gasteiger partial charge in [0.15, 0.2) is 0 Å². The van der Waals surface area contributed by atoms with E-state index < -0.39 is 0 Å². The normalized spacial score (nSPS) is 14.6. The van der Waals surface area contributed by atoms with Gasteiger partial charge < -0.3 is 0 Å². The standard InChI is InChI=1S/C16H24BrF/c1-5-7-8-13(6-2)16(17)15-11(3)9-14(18)10-12(15)4/h9-10,13,16H,5-8H2,1-4H3. The van der Waals surface area contributed by atoms with E-state index in [1.54, 1.807) is 12.1 Å². The molecule has 0 saturated heterocycles.